The lowest BCUT2D eigenvalue weighted by Gasteiger charge is -2.17. The third kappa shape index (κ3) is 5.15. The molecule has 0 aromatic heterocycles. The number of rotatable bonds is 7. The molecule has 1 aliphatic rings. The van der Waals surface area contributed by atoms with Crippen molar-refractivity contribution in [2.24, 2.45) is 0 Å². The maximum atomic E-state index is 5.92. The number of anilines is 1. The fourth-order valence-electron chi connectivity index (χ4n) is 2.93. The second-order valence-corrected chi connectivity index (χ2v) is 6.39. The van der Waals surface area contributed by atoms with Crippen LogP contribution in [0.25, 0.3) is 0 Å². The molecule has 122 valence electrons. The van der Waals surface area contributed by atoms with Crippen LogP contribution in [-0.2, 0) is 0 Å². The van der Waals surface area contributed by atoms with E-state index >= 15 is 0 Å². The number of para-hydroxylation sites is 1. The van der Waals surface area contributed by atoms with Gasteiger partial charge in [-0.1, -0.05) is 29.8 Å². The molecule has 4 heteroatoms. The van der Waals surface area contributed by atoms with E-state index in [2.05, 4.69) is 10.2 Å². The molecule has 1 heterocycles. The molecule has 0 saturated carbocycles. The Hall–Kier alpha value is -1.71. The Balaban J connectivity index is 1.34. The number of hydrogen-bond donors (Lipinski definition) is 1. The van der Waals surface area contributed by atoms with E-state index in [1.165, 1.54) is 6.42 Å². The molecule has 23 heavy (non-hydrogen) atoms. The summed E-state index contributed by atoms with van der Waals surface area (Å²) in [7, 11) is 0. The van der Waals surface area contributed by atoms with Crippen molar-refractivity contribution in [1.29, 1.82) is 0 Å². The van der Waals surface area contributed by atoms with Crippen molar-refractivity contribution in [3.05, 3.63) is 59.6 Å². The van der Waals surface area contributed by atoms with Crippen LogP contribution in [0.4, 0.5) is 5.69 Å². The van der Waals surface area contributed by atoms with Crippen LogP contribution in [0.1, 0.15) is 12.8 Å². The van der Waals surface area contributed by atoms with Gasteiger partial charge in [-0.2, -0.15) is 0 Å². The van der Waals surface area contributed by atoms with Gasteiger partial charge in [0.1, 0.15) is 5.75 Å². The zero-order valence-electron chi connectivity index (χ0n) is 13.2. The van der Waals surface area contributed by atoms with Gasteiger partial charge in [0.2, 0.25) is 0 Å². The molecule has 3 nitrogen and oxygen atoms in total. The van der Waals surface area contributed by atoms with Crippen molar-refractivity contribution in [3.8, 4) is 5.75 Å². The number of halogens is 1. The van der Waals surface area contributed by atoms with E-state index in [9.17, 15) is 0 Å². The Kier molecular flexibility index (Phi) is 5.78. The van der Waals surface area contributed by atoms with Gasteiger partial charge in [-0.15, -0.1) is 0 Å². The van der Waals surface area contributed by atoms with Crippen molar-refractivity contribution in [2.75, 3.05) is 31.6 Å². The monoisotopic (exact) mass is 330 g/mol. The minimum Gasteiger partial charge on any atom is -0.494 e. The first-order chi connectivity index (χ1) is 11.3. The number of hydrogen-bond acceptors (Lipinski definition) is 3. The predicted octanol–water partition coefficient (Wildman–Crippen LogP) is 4.30. The number of benzene rings is 2. The van der Waals surface area contributed by atoms with Gasteiger partial charge in [-0.25, -0.2) is 0 Å². The molecule has 0 spiro atoms. The molecule has 2 aromatic rings. The quantitative estimate of drug-likeness (QED) is 0.766. The lowest BCUT2D eigenvalue weighted by atomic mass is 10.2. The van der Waals surface area contributed by atoms with Gasteiger partial charge in [0.05, 0.1) is 6.61 Å². The highest BCUT2D eigenvalue weighted by Crippen LogP contribution is 2.18. The molecule has 0 radical (unpaired) electrons. The molecule has 1 N–H and O–H groups in total. The molecular weight excluding hydrogens is 308 g/mol. The largest absolute Gasteiger partial charge is 0.494 e. The average Bonchev–Trinajstić information content (AvgIpc) is 3.02. The van der Waals surface area contributed by atoms with Gasteiger partial charge in [-0.3, -0.25) is 0 Å². The molecule has 1 aliphatic heterocycles. The first-order valence-corrected chi connectivity index (χ1v) is 8.60. The van der Waals surface area contributed by atoms with E-state index in [1.54, 1.807) is 0 Å². The topological polar surface area (TPSA) is 24.5 Å². The van der Waals surface area contributed by atoms with E-state index in [-0.39, 0.29) is 0 Å². The summed E-state index contributed by atoms with van der Waals surface area (Å²) >= 11 is 5.92. The summed E-state index contributed by atoms with van der Waals surface area (Å²) in [6.45, 7) is 4.10. The molecule has 0 amide bonds. The highest BCUT2D eigenvalue weighted by Gasteiger charge is 2.21. The van der Waals surface area contributed by atoms with Gasteiger partial charge >= 0.3 is 0 Å². The van der Waals surface area contributed by atoms with Crippen LogP contribution in [0.15, 0.2) is 54.6 Å². The summed E-state index contributed by atoms with van der Waals surface area (Å²) in [6.07, 6.45) is 2.24. The van der Waals surface area contributed by atoms with Gasteiger partial charge in [0.15, 0.2) is 0 Å². The van der Waals surface area contributed by atoms with E-state index in [4.69, 9.17) is 16.3 Å². The van der Waals surface area contributed by atoms with Crippen molar-refractivity contribution >= 4 is 17.3 Å². The van der Waals surface area contributed by atoms with Crippen molar-refractivity contribution < 1.29 is 4.74 Å². The van der Waals surface area contributed by atoms with Crippen LogP contribution in [0.5, 0.6) is 5.75 Å². The van der Waals surface area contributed by atoms with E-state index in [0.29, 0.717) is 6.04 Å². The summed E-state index contributed by atoms with van der Waals surface area (Å²) in [5, 5.41) is 4.36. The lowest BCUT2D eigenvalue weighted by Crippen LogP contribution is -2.27. The molecule has 0 aliphatic carbocycles. The Labute approximate surface area is 143 Å². The van der Waals surface area contributed by atoms with E-state index in [0.717, 1.165) is 49.1 Å². The van der Waals surface area contributed by atoms with Crippen LogP contribution in [0.3, 0.4) is 0 Å². The van der Waals surface area contributed by atoms with Crippen LogP contribution in [-0.4, -0.2) is 37.2 Å². The fraction of sp³-hybridized carbons (Fsp3) is 0.368. The third-order valence-corrected chi connectivity index (χ3v) is 4.37. The average molecular weight is 331 g/mol. The highest BCUT2D eigenvalue weighted by atomic mass is 35.5. The third-order valence-electron chi connectivity index (χ3n) is 4.12. The number of ether oxygens (including phenoxy) is 1. The fourth-order valence-corrected chi connectivity index (χ4v) is 3.06. The van der Waals surface area contributed by atoms with Crippen LogP contribution < -0.4 is 10.1 Å². The van der Waals surface area contributed by atoms with E-state index in [1.807, 2.05) is 54.6 Å². The Bertz CT molecular complexity index is 588. The summed E-state index contributed by atoms with van der Waals surface area (Å²) in [6, 6.07) is 18.5. The van der Waals surface area contributed by atoms with Crippen molar-refractivity contribution in [2.45, 2.75) is 18.9 Å². The molecule has 1 saturated heterocycles. The number of nitrogens with zero attached hydrogens (tertiary/aromatic N) is 1. The van der Waals surface area contributed by atoms with Gasteiger partial charge < -0.3 is 15.0 Å². The van der Waals surface area contributed by atoms with Crippen LogP contribution in [0.2, 0.25) is 5.02 Å². The summed E-state index contributed by atoms with van der Waals surface area (Å²) in [5.41, 5.74) is 1.15. The molecule has 1 unspecified atom stereocenters. The predicted molar refractivity (Wildman–Crippen MR) is 96.5 cm³/mol. The second-order valence-electron chi connectivity index (χ2n) is 5.95. The van der Waals surface area contributed by atoms with E-state index < -0.39 is 0 Å². The summed E-state index contributed by atoms with van der Waals surface area (Å²) < 4.78 is 5.74. The zero-order chi connectivity index (χ0) is 15.9. The maximum absolute atomic E-state index is 5.92. The van der Waals surface area contributed by atoms with Gasteiger partial charge in [-0.05, 0) is 49.2 Å². The zero-order valence-corrected chi connectivity index (χ0v) is 14.0. The number of nitrogens with one attached hydrogen (secondary N) is 1. The van der Waals surface area contributed by atoms with Crippen LogP contribution >= 0.6 is 11.6 Å². The number of likely N-dealkylation sites (tertiary alicyclic amines) is 1. The minimum absolute atomic E-state index is 0.520. The molecule has 1 fully saturated rings. The van der Waals surface area contributed by atoms with Crippen LogP contribution in [0, 0.1) is 0 Å². The Morgan fingerprint density at radius 2 is 1.87 bits per heavy atom. The Morgan fingerprint density at radius 3 is 2.65 bits per heavy atom. The molecule has 3 rings (SSSR count). The van der Waals surface area contributed by atoms with Crippen molar-refractivity contribution in [1.82, 2.24) is 4.90 Å². The SMILES string of the molecule is Clc1ccc(NC2CCN(CCCOc3ccccc3)C2)cc1. The van der Waals surface area contributed by atoms with Gasteiger partial charge in [0.25, 0.3) is 0 Å². The van der Waals surface area contributed by atoms with Crippen molar-refractivity contribution in [3.63, 3.8) is 0 Å². The molecule has 0 bridgehead atoms. The summed E-state index contributed by atoms with van der Waals surface area (Å²) in [5.74, 6) is 0.955. The van der Waals surface area contributed by atoms with Gasteiger partial charge in [0, 0.05) is 36.4 Å². The standard InChI is InChI=1S/C19H23ClN2O/c20-16-7-9-17(10-8-16)21-18-11-13-22(15-18)12-4-14-23-19-5-2-1-3-6-19/h1-3,5-10,18,21H,4,11-15H2. The lowest BCUT2D eigenvalue weighted by molar-refractivity contribution is 0.262. The molecular formula is C19H23ClN2O. The smallest absolute Gasteiger partial charge is 0.119 e. The maximum Gasteiger partial charge on any atom is 0.119 e. The second kappa shape index (κ2) is 8.23. The summed E-state index contributed by atoms with van der Waals surface area (Å²) in [4.78, 5) is 2.50. The Morgan fingerprint density at radius 1 is 1.09 bits per heavy atom. The first-order valence-electron chi connectivity index (χ1n) is 8.22. The normalized spacial score (nSPS) is 18.0. The minimum atomic E-state index is 0.520. The highest BCUT2D eigenvalue weighted by molar-refractivity contribution is 6.30. The molecule has 1 atom stereocenters. The first kappa shape index (κ1) is 16.2. The molecule has 2 aromatic carbocycles.